The molecule has 0 aliphatic carbocycles. The molecule has 2 rings (SSSR count). The first-order chi connectivity index (χ1) is 12.6. The molecular weight excluding hydrogens is 334 g/mol. The van der Waals surface area contributed by atoms with Gasteiger partial charge in [-0.1, -0.05) is 12.1 Å². The molecule has 9 nitrogen and oxygen atoms in total. The second-order valence-electron chi connectivity index (χ2n) is 5.17. The third kappa shape index (κ3) is 4.77. The lowest BCUT2D eigenvalue weighted by atomic mass is 10.1. The maximum atomic E-state index is 12.2. The van der Waals surface area contributed by atoms with Gasteiger partial charge in [-0.05, 0) is 17.7 Å². The van der Waals surface area contributed by atoms with E-state index in [1.54, 1.807) is 7.11 Å². The third-order valence-electron chi connectivity index (χ3n) is 3.47. The van der Waals surface area contributed by atoms with Gasteiger partial charge in [0.1, 0.15) is 5.75 Å². The van der Waals surface area contributed by atoms with Gasteiger partial charge < -0.3 is 27.3 Å². The highest BCUT2D eigenvalue weighted by atomic mass is 16.5. The Morgan fingerprint density at radius 2 is 2.15 bits per heavy atom. The number of hydrogen-bond donors (Lipinski definition) is 4. The van der Waals surface area contributed by atoms with Crippen LogP contribution in [0, 0.1) is 0 Å². The molecule has 0 radical (unpaired) electrons. The van der Waals surface area contributed by atoms with Gasteiger partial charge in [-0.2, -0.15) is 0 Å². The Morgan fingerprint density at radius 3 is 2.81 bits per heavy atom. The Hall–Kier alpha value is -3.46. The number of hydrogen-bond acceptors (Lipinski definition) is 8. The van der Waals surface area contributed by atoms with Crippen molar-refractivity contribution >= 4 is 17.9 Å². The number of carbonyl (C=O) groups is 1. The number of aliphatic imine (C=N–C) groups is 1. The number of amides is 1. The largest absolute Gasteiger partial charge is 0.497 e. The number of benzene rings is 1. The van der Waals surface area contributed by atoms with Crippen LogP contribution in [0.3, 0.4) is 0 Å². The molecule has 1 unspecified atom stereocenters. The first-order valence-corrected chi connectivity index (χ1v) is 7.76. The summed E-state index contributed by atoms with van der Waals surface area (Å²) in [5.41, 5.74) is 18.2. The minimum atomic E-state index is -0.538. The highest BCUT2D eigenvalue weighted by molar-refractivity contribution is 6.00. The van der Waals surface area contributed by atoms with Gasteiger partial charge in [0, 0.05) is 31.4 Å². The minimum absolute atomic E-state index is 0.00317. The van der Waals surface area contributed by atoms with Crippen molar-refractivity contribution in [2.24, 2.45) is 16.5 Å². The van der Waals surface area contributed by atoms with E-state index in [0.29, 0.717) is 5.75 Å². The molecule has 0 saturated carbocycles. The van der Waals surface area contributed by atoms with E-state index in [4.69, 9.17) is 21.9 Å². The number of nitrogens with one attached hydrogen (secondary N) is 1. The number of nitrogen functional groups attached to an aromatic ring is 1. The van der Waals surface area contributed by atoms with Crippen molar-refractivity contribution in [3.05, 3.63) is 59.8 Å². The van der Waals surface area contributed by atoms with E-state index >= 15 is 0 Å². The van der Waals surface area contributed by atoms with Crippen LogP contribution in [0.4, 0.5) is 5.82 Å². The molecule has 1 aromatic carbocycles. The molecule has 1 atom stereocenters. The highest BCUT2D eigenvalue weighted by Gasteiger charge is 2.13. The Bertz CT molecular complexity index is 820. The second-order valence-corrected chi connectivity index (χ2v) is 5.17. The van der Waals surface area contributed by atoms with E-state index in [9.17, 15) is 4.79 Å². The molecule has 0 saturated heterocycles. The molecule has 7 N–H and O–H groups in total. The zero-order chi connectivity index (χ0) is 18.9. The Balaban J connectivity index is 2.12. The van der Waals surface area contributed by atoms with E-state index < -0.39 is 5.91 Å². The van der Waals surface area contributed by atoms with Crippen LogP contribution < -0.4 is 27.3 Å². The van der Waals surface area contributed by atoms with Crippen molar-refractivity contribution in [1.82, 2.24) is 15.3 Å². The van der Waals surface area contributed by atoms with Crippen LogP contribution in [0.1, 0.15) is 22.1 Å². The first kappa shape index (κ1) is 18.9. The van der Waals surface area contributed by atoms with E-state index in [1.165, 1.54) is 24.8 Å². The van der Waals surface area contributed by atoms with Gasteiger partial charge in [0.05, 0.1) is 18.8 Å². The molecule has 0 bridgehead atoms. The number of ether oxygens (including phenoxy) is 1. The van der Waals surface area contributed by atoms with Crippen molar-refractivity contribution in [2.75, 3.05) is 19.4 Å². The van der Waals surface area contributed by atoms with Crippen LogP contribution in [0.25, 0.3) is 0 Å². The zero-order valence-electron chi connectivity index (χ0n) is 14.3. The predicted molar refractivity (Wildman–Crippen MR) is 99.5 cm³/mol. The maximum Gasteiger partial charge on any atom is 0.278 e. The minimum Gasteiger partial charge on any atom is -0.497 e. The molecule has 136 valence electrons. The number of allylic oxidation sites excluding steroid dienone is 1. The summed E-state index contributed by atoms with van der Waals surface area (Å²) in [7, 11) is 1.59. The summed E-state index contributed by atoms with van der Waals surface area (Å²) in [5, 5.41) is 2.58. The molecular formula is C17H21N7O2. The van der Waals surface area contributed by atoms with Crippen LogP contribution in [0.2, 0.25) is 0 Å². The van der Waals surface area contributed by atoms with Crippen molar-refractivity contribution in [2.45, 2.75) is 6.04 Å². The maximum absolute atomic E-state index is 12.2. The first-order valence-electron chi connectivity index (χ1n) is 7.76. The number of nitrogens with two attached hydrogens (primary N) is 3. The molecule has 0 spiro atoms. The topological polar surface area (TPSA) is 155 Å². The zero-order valence-corrected chi connectivity index (χ0v) is 14.3. The summed E-state index contributed by atoms with van der Waals surface area (Å²) in [6, 6.07) is 7.10. The van der Waals surface area contributed by atoms with Crippen LogP contribution in [-0.2, 0) is 0 Å². The van der Waals surface area contributed by atoms with Crippen molar-refractivity contribution in [1.29, 1.82) is 0 Å². The molecule has 1 amide bonds. The molecule has 1 aromatic heterocycles. The SMILES string of the molecule is COc1cccc(C(CN)N=CC(=CN)NC(=O)c2nccnc2N)c1. The molecule has 1 heterocycles. The Morgan fingerprint density at radius 1 is 1.38 bits per heavy atom. The molecule has 0 aliphatic rings. The van der Waals surface area contributed by atoms with Gasteiger partial charge in [-0.15, -0.1) is 0 Å². The quantitative estimate of drug-likeness (QED) is 0.523. The summed E-state index contributed by atoms with van der Waals surface area (Å²) in [6.07, 6.45) is 5.42. The summed E-state index contributed by atoms with van der Waals surface area (Å²) in [6.45, 7) is 0.270. The molecule has 9 heteroatoms. The number of anilines is 1. The van der Waals surface area contributed by atoms with Crippen molar-refractivity contribution in [3.63, 3.8) is 0 Å². The van der Waals surface area contributed by atoms with Gasteiger partial charge >= 0.3 is 0 Å². The van der Waals surface area contributed by atoms with Gasteiger partial charge in [-0.3, -0.25) is 9.79 Å². The summed E-state index contributed by atoms with van der Waals surface area (Å²) < 4.78 is 5.20. The van der Waals surface area contributed by atoms with Crippen LogP contribution in [0.5, 0.6) is 5.75 Å². The predicted octanol–water partition coefficient (Wildman–Crippen LogP) is 0.368. The van der Waals surface area contributed by atoms with E-state index in [2.05, 4.69) is 20.3 Å². The average molecular weight is 355 g/mol. The summed E-state index contributed by atoms with van der Waals surface area (Å²) in [5.74, 6) is 0.191. The number of aromatic nitrogens is 2. The fourth-order valence-corrected chi connectivity index (χ4v) is 2.13. The average Bonchev–Trinajstić information content (AvgIpc) is 2.67. The molecule has 26 heavy (non-hydrogen) atoms. The van der Waals surface area contributed by atoms with Crippen LogP contribution in [-0.4, -0.2) is 35.7 Å². The van der Waals surface area contributed by atoms with E-state index in [1.807, 2.05) is 24.3 Å². The lowest BCUT2D eigenvalue weighted by molar-refractivity contribution is 0.0963. The molecule has 0 aliphatic heterocycles. The fraction of sp³-hybridized carbons (Fsp3) is 0.176. The summed E-state index contributed by atoms with van der Waals surface area (Å²) >= 11 is 0. The lowest BCUT2D eigenvalue weighted by Crippen LogP contribution is -2.26. The Labute approximate surface area is 151 Å². The van der Waals surface area contributed by atoms with Gasteiger partial charge in [-0.25, -0.2) is 9.97 Å². The summed E-state index contributed by atoms with van der Waals surface area (Å²) in [4.78, 5) is 24.3. The highest BCUT2D eigenvalue weighted by Crippen LogP contribution is 2.21. The number of carbonyl (C=O) groups excluding carboxylic acids is 1. The van der Waals surface area contributed by atoms with Gasteiger partial charge in [0.25, 0.3) is 5.91 Å². The Kier molecular flexibility index (Phi) is 6.63. The number of methoxy groups -OCH3 is 1. The normalized spacial score (nSPS) is 12.8. The molecule has 0 fully saturated rings. The van der Waals surface area contributed by atoms with Gasteiger partial charge in [0.15, 0.2) is 11.5 Å². The number of nitrogens with zero attached hydrogens (tertiary/aromatic N) is 3. The van der Waals surface area contributed by atoms with Crippen LogP contribution in [0.15, 0.2) is 53.5 Å². The van der Waals surface area contributed by atoms with Crippen molar-refractivity contribution in [3.8, 4) is 5.75 Å². The fourth-order valence-electron chi connectivity index (χ4n) is 2.13. The van der Waals surface area contributed by atoms with Crippen LogP contribution >= 0.6 is 0 Å². The van der Waals surface area contributed by atoms with E-state index in [0.717, 1.165) is 5.56 Å². The second kappa shape index (κ2) is 9.14. The smallest absolute Gasteiger partial charge is 0.278 e. The standard InChI is InChI=1S/C17H21N7O2/c1-26-13-4-2-3-11(7-13)14(9-19)23-10-12(8-18)24-17(25)15-16(20)22-6-5-21-15/h2-8,10,14H,9,18-19H2,1H3,(H2,20,22)(H,24,25). The molecule has 2 aromatic rings. The third-order valence-corrected chi connectivity index (χ3v) is 3.47. The monoisotopic (exact) mass is 355 g/mol. The number of rotatable bonds is 7. The van der Waals surface area contributed by atoms with E-state index in [-0.39, 0.29) is 29.8 Å². The lowest BCUT2D eigenvalue weighted by Gasteiger charge is -2.12. The van der Waals surface area contributed by atoms with Gasteiger partial charge in [0.2, 0.25) is 0 Å². The van der Waals surface area contributed by atoms with Crippen molar-refractivity contribution < 1.29 is 9.53 Å².